The van der Waals surface area contributed by atoms with Crippen LogP contribution in [0.3, 0.4) is 0 Å². The van der Waals surface area contributed by atoms with Crippen molar-refractivity contribution in [3.63, 3.8) is 0 Å². The molecule has 1 aliphatic carbocycles. The summed E-state index contributed by atoms with van der Waals surface area (Å²) in [6.07, 6.45) is 12.5. The van der Waals surface area contributed by atoms with E-state index in [0.29, 0.717) is 11.5 Å². The molecule has 2 rings (SSSR count). The molecule has 2 aliphatic rings. The number of rotatable bonds is 9. The molecule has 0 radical (unpaired) electrons. The number of nitrogens with one attached hydrogen (secondary N) is 1. The highest BCUT2D eigenvalue weighted by Gasteiger charge is 2.34. The first kappa shape index (κ1) is 14.3. The largest absolute Gasteiger partial charge is 0.378 e. The lowest BCUT2D eigenvalue weighted by atomic mass is 9.75. The second-order valence-corrected chi connectivity index (χ2v) is 6.45. The van der Waals surface area contributed by atoms with Crippen LogP contribution in [0.15, 0.2) is 0 Å². The molecule has 0 aromatic rings. The molecule has 0 spiro atoms. The second-order valence-electron chi connectivity index (χ2n) is 6.45. The normalized spacial score (nSPS) is 27.3. The zero-order valence-electron chi connectivity index (χ0n) is 12.3. The summed E-state index contributed by atoms with van der Waals surface area (Å²) in [7, 11) is 0. The first-order valence-electron chi connectivity index (χ1n) is 8.13. The van der Waals surface area contributed by atoms with Crippen molar-refractivity contribution in [1.82, 2.24) is 5.32 Å². The van der Waals surface area contributed by atoms with E-state index in [9.17, 15) is 0 Å². The molecular formula is C16H31NO. The van der Waals surface area contributed by atoms with Gasteiger partial charge in [-0.15, -0.1) is 0 Å². The molecule has 2 atom stereocenters. The standard InChI is InChI=1S/C16H31NO/c1-3-5-10-16(4-2,13-17-14-8-9-14)12-15-7-6-11-18-15/h14-15,17H,3-13H2,1-2H3. The number of ether oxygens (including phenoxy) is 1. The highest BCUT2D eigenvalue weighted by atomic mass is 16.5. The molecule has 1 saturated heterocycles. The zero-order valence-corrected chi connectivity index (χ0v) is 12.3. The van der Waals surface area contributed by atoms with Crippen LogP contribution in [-0.2, 0) is 4.74 Å². The van der Waals surface area contributed by atoms with Gasteiger partial charge in [-0.25, -0.2) is 0 Å². The first-order chi connectivity index (χ1) is 8.78. The highest BCUT2D eigenvalue weighted by molar-refractivity contribution is 4.89. The van der Waals surface area contributed by atoms with Gasteiger partial charge in [0.25, 0.3) is 0 Å². The topological polar surface area (TPSA) is 21.3 Å². The highest BCUT2D eigenvalue weighted by Crippen LogP contribution is 2.37. The SMILES string of the molecule is CCCCC(CC)(CNC1CC1)CC1CCCO1. The smallest absolute Gasteiger partial charge is 0.0581 e. The molecule has 2 unspecified atom stereocenters. The van der Waals surface area contributed by atoms with Crippen LogP contribution >= 0.6 is 0 Å². The molecule has 1 aliphatic heterocycles. The third-order valence-corrected chi connectivity index (χ3v) is 4.84. The molecule has 2 fully saturated rings. The molecular weight excluding hydrogens is 222 g/mol. The van der Waals surface area contributed by atoms with Gasteiger partial charge >= 0.3 is 0 Å². The summed E-state index contributed by atoms with van der Waals surface area (Å²) < 4.78 is 5.88. The Bertz CT molecular complexity index is 233. The van der Waals surface area contributed by atoms with Crippen LogP contribution in [-0.4, -0.2) is 25.3 Å². The zero-order chi connectivity index (χ0) is 12.8. The van der Waals surface area contributed by atoms with E-state index in [-0.39, 0.29) is 0 Å². The third-order valence-electron chi connectivity index (χ3n) is 4.84. The van der Waals surface area contributed by atoms with Crippen molar-refractivity contribution in [2.45, 2.75) is 83.8 Å². The lowest BCUT2D eigenvalue weighted by Gasteiger charge is -2.35. The minimum absolute atomic E-state index is 0.494. The van der Waals surface area contributed by atoms with Crippen molar-refractivity contribution < 1.29 is 4.74 Å². The van der Waals surface area contributed by atoms with E-state index >= 15 is 0 Å². The lowest BCUT2D eigenvalue weighted by Crippen LogP contribution is -2.37. The minimum Gasteiger partial charge on any atom is -0.378 e. The maximum Gasteiger partial charge on any atom is 0.0581 e. The van der Waals surface area contributed by atoms with Gasteiger partial charge in [0, 0.05) is 19.2 Å². The molecule has 0 aromatic heterocycles. The van der Waals surface area contributed by atoms with Crippen LogP contribution in [0.5, 0.6) is 0 Å². The Morgan fingerprint density at radius 1 is 1.22 bits per heavy atom. The van der Waals surface area contributed by atoms with Gasteiger partial charge < -0.3 is 10.1 Å². The van der Waals surface area contributed by atoms with E-state index in [1.54, 1.807) is 0 Å². The van der Waals surface area contributed by atoms with Gasteiger partial charge in [-0.2, -0.15) is 0 Å². The second kappa shape index (κ2) is 6.91. The van der Waals surface area contributed by atoms with Gasteiger partial charge in [0.05, 0.1) is 6.10 Å². The number of hydrogen-bond acceptors (Lipinski definition) is 2. The van der Waals surface area contributed by atoms with E-state index in [2.05, 4.69) is 19.2 Å². The van der Waals surface area contributed by atoms with E-state index in [0.717, 1.165) is 12.6 Å². The molecule has 0 aromatic carbocycles. The summed E-state index contributed by atoms with van der Waals surface area (Å²) in [6, 6.07) is 0.835. The van der Waals surface area contributed by atoms with E-state index in [1.807, 2.05) is 0 Å². The Morgan fingerprint density at radius 2 is 2.06 bits per heavy atom. The average Bonchev–Trinajstić information content (AvgIpc) is 3.10. The molecule has 106 valence electrons. The van der Waals surface area contributed by atoms with Gasteiger partial charge in [0.2, 0.25) is 0 Å². The Balaban J connectivity index is 1.87. The third kappa shape index (κ3) is 4.24. The van der Waals surface area contributed by atoms with Gasteiger partial charge in [-0.1, -0.05) is 26.7 Å². The molecule has 1 heterocycles. The Kier molecular flexibility index (Phi) is 5.50. The molecule has 1 saturated carbocycles. The van der Waals surface area contributed by atoms with Crippen molar-refractivity contribution in [3.8, 4) is 0 Å². The number of unbranched alkanes of at least 4 members (excludes halogenated alkanes) is 1. The van der Waals surface area contributed by atoms with Crippen molar-refractivity contribution in [1.29, 1.82) is 0 Å². The van der Waals surface area contributed by atoms with Gasteiger partial charge in [-0.3, -0.25) is 0 Å². The summed E-state index contributed by atoms with van der Waals surface area (Å²) in [5.41, 5.74) is 0.494. The fourth-order valence-electron chi connectivity index (χ4n) is 3.20. The summed E-state index contributed by atoms with van der Waals surface area (Å²) in [5, 5.41) is 3.78. The van der Waals surface area contributed by atoms with Gasteiger partial charge in [-0.05, 0) is 50.4 Å². The maximum atomic E-state index is 5.88. The van der Waals surface area contributed by atoms with E-state index in [1.165, 1.54) is 64.3 Å². The fraction of sp³-hybridized carbons (Fsp3) is 1.00. The molecule has 1 N–H and O–H groups in total. The predicted octanol–water partition coefficient (Wildman–Crippen LogP) is 3.89. The van der Waals surface area contributed by atoms with Crippen LogP contribution in [0.2, 0.25) is 0 Å². The summed E-state index contributed by atoms with van der Waals surface area (Å²) in [6.45, 7) is 6.89. The molecule has 0 amide bonds. The maximum absolute atomic E-state index is 5.88. The minimum atomic E-state index is 0.494. The van der Waals surface area contributed by atoms with E-state index < -0.39 is 0 Å². The fourth-order valence-corrected chi connectivity index (χ4v) is 3.20. The average molecular weight is 253 g/mol. The van der Waals surface area contributed by atoms with Crippen molar-refractivity contribution in [3.05, 3.63) is 0 Å². The summed E-state index contributed by atoms with van der Waals surface area (Å²) >= 11 is 0. The summed E-state index contributed by atoms with van der Waals surface area (Å²) in [4.78, 5) is 0. The van der Waals surface area contributed by atoms with Crippen molar-refractivity contribution >= 4 is 0 Å². The Labute approximate surface area is 113 Å². The van der Waals surface area contributed by atoms with Crippen LogP contribution in [0, 0.1) is 5.41 Å². The van der Waals surface area contributed by atoms with E-state index in [4.69, 9.17) is 4.74 Å². The Hall–Kier alpha value is -0.0800. The predicted molar refractivity (Wildman–Crippen MR) is 76.9 cm³/mol. The van der Waals surface area contributed by atoms with Crippen LogP contribution in [0.25, 0.3) is 0 Å². The van der Waals surface area contributed by atoms with Crippen LogP contribution < -0.4 is 5.32 Å². The van der Waals surface area contributed by atoms with Gasteiger partial charge in [0.1, 0.15) is 0 Å². The molecule has 2 nitrogen and oxygen atoms in total. The van der Waals surface area contributed by atoms with Crippen LogP contribution in [0.1, 0.15) is 71.6 Å². The van der Waals surface area contributed by atoms with Crippen molar-refractivity contribution in [2.24, 2.45) is 5.41 Å². The summed E-state index contributed by atoms with van der Waals surface area (Å²) in [5.74, 6) is 0. The molecule has 18 heavy (non-hydrogen) atoms. The molecule has 0 bridgehead atoms. The quantitative estimate of drug-likeness (QED) is 0.673. The lowest BCUT2D eigenvalue weighted by molar-refractivity contribution is 0.0530. The first-order valence-corrected chi connectivity index (χ1v) is 8.13. The number of hydrogen-bond donors (Lipinski definition) is 1. The van der Waals surface area contributed by atoms with Crippen LogP contribution in [0.4, 0.5) is 0 Å². The Morgan fingerprint density at radius 3 is 2.61 bits per heavy atom. The monoisotopic (exact) mass is 253 g/mol. The molecule has 2 heteroatoms. The van der Waals surface area contributed by atoms with Gasteiger partial charge in [0.15, 0.2) is 0 Å². The van der Waals surface area contributed by atoms with Crippen molar-refractivity contribution in [2.75, 3.05) is 13.2 Å².